The molecule has 6 aromatic heterocycles. The van der Waals surface area contributed by atoms with Crippen molar-refractivity contribution in [3.05, 3.63) is 166 Å². The molecule has 3 fully saturated rings. The molecule has 11 rings (SSSR count). The number of carboxylic acid groups (broad SMARTS) is 1. The van der Waals surface area contributed by atoms with Crippen molar-refractivity contribution in [2.45, 2.75) is 37.8 Å². The number of nitrogens with zero attached hydrogens (tertiary/aromatic N) is 8. The third-order valence-corrected chi connectivity index (χ3v) is 11.6. The zero-order valence-corrected chi connectivity index (χ0v) is 38.5. The molecule has 69 heavy (non-hydrogen) atoms. The van der Waals surface area contributed by atoms with Gasteiger partial charge in [-0.15, -0.1) is 0 Å². The Hall–Kier alpha value is -7.87. The summed E-state index contributed by atoms with van der Waals surface area (Å²) in [6, 6.07) is 25.2. The number of aromatic nitrogens is 6. The van der Waals surface area contributed by atoms with E-state index < -0.39 is 24.5 Å². The second-order valence-corrected chi connectivity index (χ2v) is 16.9. The van der Waals surface area contributed by atoms with Crippen LogP contribution in [0.3, 0.4) is 0 Å². The minimum Gasteiger partial charge on any atom is -0.478 e. The van der Waals surface area contributed by atoms with Crippen LogP contribution in [0.2, 0.25) is 0 Å². The van der Waals surface area contributed by atoms with Crippen molar-refractivity contribution in [3.63, 3.8) is 0 Å². The summed E-state index contributed by atoms with van der Waals surface area (Å²) in [5, 5.41) is 14.1. The molecule has 3 aliphatic rings. The number of aromatic amines is 2. The van der Waals surface area contributed by atoms with Gasteiger partial charge in [0.2, 0.25) is 0 Å². The molecule has 3 saturated heterocycles. The molecule has 9 heterocycles. The number of hydrogen-bond donors (Lipinski definition) is 4. The van der Waals surface area contributed by atoms with Gasteiger partial charge < -0.3 is 34.8 Å². The lowest BCUT2D eigenvalue weighted by molar-refractivity contribution is 0.0695. The fraction of sp³-hybridized carbons (Fsp3) is 0.240. The Balaban J connectivity index is 0.000000138. The number of benzene rings is 2. The lowest BCUT2D eigenvalue weighted by atomic mass is 10.2. The normalized spacial score (nSPS) is 17.0. The predicted octanol–water partition coefficient (Wildman–Crippen LogP) is 10.1. The summed E-state index contributed by atoms with van der Waals surface area (Å²) < 4.78 is 41.1. The maximum atomic E-state index is 13.3. The summed E-state index contributed by atoms with van der Waals surface area (Å²) >= 11 is 3.27. The van der Waals surface area contributed by atoms with E-state index in [2.05, 4.69) is 55.9 Å². The number of rotatable bonds is 4. The van der Waals surface area contributed by atoms with Crippen LogP contribution in [0.4, 0.5) is 24.5 Å². The van der Waals surface area contributed by atoms with Crippen LogP contribution in [-0.4, -0.2) is 120 Å². The lowest BCUT2D eigenvalue weighted by Crippen LogP contribution is -2.29. The van der Waals surface area contributed by atoms with Crippen molar-refractivity contribution in [2.75, 3.05) is 39.3 Å². The number of amides is 2. The summed E-state index contributed by atoms with van der Waals surface area (Å²) in [5.41, 5.74) is 5.56. The summed E-state index contributed by atoms with van der Waals surface area (Å²) in [5.74, 6) is -1.27. The summed E-state index contributed by atoms with van der Waals surface area (Å²) in [7, 11) is 0. The summed E-state index contributed by atoms with van der Waals surface area (Å²) in [6.07, 6.45) is 8.96. The molecule has 0 aliphatic carbocycles. The second-order valence-electron chi connectivity index (χ2n) is 16.0. The van der Waals surface area contributed by atoms with E-state index in [9.17, 15) is 27.6 Å². The van der Waals surface area contributed by atoms with Crippen LogP contribution < -0.4 is 5.32 Å². The molecule has 2 aromatic carbocycles. The van der Waals surface area contributed by atoms with Crippen LogP contribution in [0, 0.1) is 13.1 Å². The standard InChI is InChI=1S/C19H15FN4O.C12H12FN3O.C8H6N2O2.C7H4BrN.C4H8FN/c1-21-16-2-4-17(5-3-16)24-9-6-13-10-14(11-22-18(13)24)19(25)23-8-7-15(20)12-23;13-10-2-4-16(7-10)12(17)9-5-8-1-3-14-11(8)15-6-9;11-8(12)6-3-5-1-2-9-7(5)10-4-6;1-9-7-4-2-6(8)3-5-7;5-4-1-2-6-3-4/h2-6,9-11,15H,7-8,12H2;1,3,5-6,10H,2,4,7H2,(H,14,15);1-4H,(H,9,10)(H,11,12);2-5H;4,6H,1-3H2. The van der Waals surface area contributed by atoms with Gasteiger partial charge in [0.25, 0.3) is 11.8 Å². The Morgan fingerprint density at radius 3 is 1.62 bits per heavy atom. The van der Waals surface area contributed by atoms with Gasteiger partial charge in [-0.3, -0.25) is 9.59 Å². The fourth-order valence-corrected chi connectivity index (χ4v) is 7.72. The molecular formula is C50H45BrF3N11O4. The zero-order valence-electron chi connectivity index (χ0n) is 36.9. The fourth-order valence-electron chi connectivity index (χ4n) is 7.45. The van der Waals surface area contributed by atoms with E-state index in [1.165, 1.54) is 17.3 Å². The Morgan fingerprint density at radius 1 is 0.652 bits per heavy atom. The number of pyridine rings is 3. The van der Waals surface area contributed by atoms with Crippen molar-refractivity contribution < 1.29 is 32.7 Å². The number of fused-ring (bicyclic) bond motifs is 3. The molecule has 0 spiro atoms. The number of H-pyrrole nitrogens is 2. The lowest BCUT2D eigenvalue weighted by Gasteiger charge is -2.15. The predicted molar refractivity (Wildman–Crippen MR) is 260 cm³/mol. The first kappa shape index (κ1) is 49.0. The Kier molecular flexibility index (Phi) is 16.5. The molecule has 4 N–H and O–H groups in total. The first-order chi connectivity index (χ1) is 33.4. The van der Waals surface area contributed by atoms with Crippen molar-refractivity contribution in [1.82, 2.24) is 44.6 Å². The SMILES string of the molecule is FC1CCNC1.O=C(O)c1cnc2[nH]ccc2c1.O=C(c1cnc2[nH]ccc2c1)N1CCC(F)C1.[C-]#[N+]c1ccc(-n2ccc3cc(C(=O)N4CCC(F)C4)cnc32)cc1.[C-]#[N+]c1ccc(Br)cc1. The number of carboxylic acids is 1. The maximum absolute atomic E-state index is 13.3. The van der Waals surface area contributed by atoms with Gasteiger partial charge in [0, 0.05) is 83.1 Å². The van der Waals surface area contributed by atoms with E-state index in [-0.39, 0.29) is 30.5 Å². The van der Waals surface area contributed by atoms with Gasteiger partial charge >= 0.3 is 5.97 Å². The number of halogens is 4. The van der Waals surface area contributed by atoms with E-state index in [4.69, 9.17) is 18.3 Å². The number of likely N-dealkylation sites (tertiary alicyclic amines) is 2. The number of hydrogen-bond acceptors (Lipinski definition) is 7. The van der Waals surface area contributed by atoms with E-state index >= 15 is 0 Å². The van der Waals surface area contributed by atoms with Crippen LogP contribution >= 0.6 is 15.9 Å². The van der Waals surface area contributed by atoms with E-state index in [1.807, 2.05) is 47.2 Å². The van der Waals surface area contributed by atoms with E-state index in [1.54, 1.807) is 72.0 Å². The van der Waals surface area contributed by atoms with Crippen LogP contribution in [-0.2, 0) is 0 Å². The Labute approximate surface area is 402 Å². The van der Waals surface area contributed by atoms with Crippen LogP contribution in [0.1, 0.15) is 50.3 Å². The number of alkyl halides is 3. The van der Waals surface area contributed by atoms with Gasteiger partial charge in [0.1, 0.15) is 35.5 Å². The molecule has 0 bridgehead atoms. The van der Waals surface area contributed by atoms with Gasteiger partial charge in [-0.05, 0) is 74.3 Å². The average Bonchev–Trinajstić information content (AvgIpc) is 4.25. The molecular weight excluding hydrogens is 956 g/mol. The number of aromatic carboxylic acids is 1. The van der Waals surface area contributed by atoms with Crippen molar-refractivity contribution in [2.24, 2.45) is 0 Å². The monoisotopic (exact) mass is 999 g/mol. The molecule has 3 atom stereocenters. The van der Waals surface area contributed by atoms with Crippen molar-refractivity contribution in [3.8, 4) is 5.69 Å². The third kappa shape index (κ3) is 13.0. The molecule has 0 saturated carbocycles. The second kappa shape index (κ2) is 23.2. The first-order valence-electron chi connectivity index (χ1n) is 21.8. The zero-order chi connectivity index (χ0) is 48.9. The molecule has 0 radical (unpaired) electrons. The number of carbonyl (C=O) groups excluding carboxylic acids is 2. The molecule has 3 aliphatic heterocycles. The van der Waals surface area contributed by atoms with Gasteiger partial charge in [0.05, 0.1) is 42.9 Å². The highest BCUT2D eigenvalue weighted by molar-refractivity contribution is 9.10. The van der Waals surface area contributed by atoms with Gasteiger partial charge in [-0.1, -0.05) is 52.3 Å². The topological polar surface area (TPSA) is 174 Å². The smallest absolute Gasteiger partial charge is 0.337 e. The number of nitrogens with one attached hydrogen (secondary N) is 3. The third-order valence-electron chi connectivity index (χ3n) is 11.1. The van der Waals surface area contributed by atoms with Crippen LogP contribution in [0.25, 0.3) is 48.5 Å². The van der Waals surface area contributed by atoms with Crippen molar-refractivity contribution in [1.29, 1.82) is 0 Å². The molecule has 19 heteroatoms. The van der Waals surface area contributed by atoms with Crippen molar-refractivity contribution >= 4 is 78.2 Å². The highest BCUT2D eigenvalue weighted by Crippen LogP contribution is 2.24. The molecule has 2 amide bonds. The molecule has 15 nitrogen and oxygen atoms in total. The minimum atomic E-state index is -0.953. The van der Waals surface area contributed by atoms with Crippen LogP contribution in [0.15, 0.2) is 127 Å². The van der Waals surface area contributed by atoms with E-state index in [0.717, 1.165) is 44.2 Å². The maximum Gasteiger partial charge on any atom is 0.337 e. The average molecular weight is 1000 g/mol. The Bertz CT molecular complexity index is 3120. The largest absolute Gasteiger partial charge is 0.478 e. The minimum absolute atomic E-state index is 0.138. The quantitative estimate of drug-likeness (QED) is 0.126. The molecule has 352 valence electrons. The molecule has 8 aromatic rings. The van der Waals surface area contributed by atoms with Gasteiger partial charge in [-0.25, -0.2) is 42.6 Å². The highest BCUT2D eigenvalue weighted by atomic mass is 79.9. The first-order valence-corrected chi connectivity index (χ1v) is 22.6. The summed E-state index contributed by atoms with van der Waals surface area (Å²) in [6.45, 7) is 16.4. The van der Waals surface area contributed by atoms with Gasteiger partial charge in [-0.2, -0.15) is 0 Å². The van der Waals surface area contributed by atoms with Crippen LogP contribution in [0.5, 0.6) is 0 Å². The van der Waals surface area contributed by atoms with E-state index in [0.29, 0.717) is 67.0 Å². The Morgan fingerprint density at radius 2 is 1.16 bits per heavy atom. The molecule has 3 unspecified atom stereocenters. The van der Waals surface area contributed by atoms with Gasteiger partial charge in [0.15, 0.2) is 11.4 Å². The highest BCUT2D eigenvalue weighted by Gasteiger charge is 2.28. The summed E-state index contributed by atoms with van der Waals surface area (Å²) in [4.78, 5) is 63.1. The number of carbonyl (C=O) groups is 3.